The second-order valence-electron chi connectivity index (χ2n) is 5.77. The maximum atomic E-state index is 12.5. The molecule has 1 N–H and O–H groups in total. The third-order valence-corrected chi connectivity index (χ3v) is 3.91. The molecule has 2 aromatic rings. The number of hydrazone groups is 1. The molecule has 24 heavy (non-hydrogen) atoms. The smallest absolute Gasteiger partial charge is 0.270 e. The molecule has 0 unspecified atom stereocenters. The van der Waals surface area contributed by atoms with Gasteiger partial charge in [0.1, 0.15) is 5.71 Å². The van der Waals surface area contributed by atoms with Crippen LogP contribution in [-0.4, -0.2) is 51.7 Å². The summed E-state index contributed by atoms with van der Waals surface area (Å²) in [6.07, 6.45) is 0.696. The van der Waals surface area contributed by atoms with E-state index in [1.807, 2.05) is 36.4 Å². The Morgan fingerprint density at radius 1 is 1.29 bits per heavy atom. The van der Waals surface area contributed by atoms with E-state index in [0.29, 0.717) is 25.1 Å². The van der Waals surface area contributed by atoms with Crippen molar-refractivity contribution in [3.05, 3.63) is 42.1 Å². The zero-order valence-corrected chi connectivity index (χ0v) is 13.7. The van der Waals surface area contributed by atoms with Crippen LogP contribution >= 0.6 is 0 Å². The molecule has 0 spiro atoms. The lowest BCUT2D eigenvalue weighted by Gasteiger charge is -2.22. The third-order valence-electron chi connectivity index (χ3n) is 3.91. The Balaban J connectivity index is 1.68. The van der Waals surface area contributed by atoms with Crippen LogP contribution in [0.25, 0.3) is 11.3 Å². The van der Waals surface area contributed by atoms with Crippen LogP contribution in [0, 0.1) is 0 Å². The Hall–Kier alpha value is -2.96. The number of amides is 2. The molecule has 1 aromatic carbocycles. The van der Waals surface area contributed by atoms with E-state index >= 15 is 0 Å². The minimum absolute atomic E-state index is 0.0738. The fraction of sp³-hybridized carbons (Fsp3) is 0.294. The molecule has 0 fully saturated rings. The van der Waals surface area contributed by atoms with Gasteiger partial charge in [0.2, 0.25) is 5.91 Å². The molecule has 1 aliphatic rings. The fourth-order valence-corrected chi connectivity index (χ4v) is 2.57. The highest BCUT2D eigenvalue weighted by Gasteiger charge is 2.24. The molecule has 0 aliphatic carbocycles. The van der Waals surface area contributed by atoms with Crippen LogP contribution in [0.1, 0.15) is 18.5 Å². The standard InChI is InChI=1S/C17H19N5O2/c1-21(17(24)14-8-9-16(23)22(2)20-14)11-13-10-15(19-18-13)12-6-4-3-5-7-12/h3-7,10H,8-9,11H2,1-2H3,(H,18,19). The van der Waals surface area contributed by atoms with E-state index in [9.17, 15) is 9.59 Å². The average Bonchev–Trinajstić information content (AvgIpc) is 3.06. The molecule has 2 amide bonds. The summed E-state index contributed by atoms with van der Waals surface area (Å²) in [5, 5.41) is 12.5. The molecular formula is C17H19N5O2. The van der Waals surface area contributed by atoms with Gasteiger partial charge >= 0.3 is 0 Å². The van der Waals surface area contributed by atoms with Gasteiger partial charge in [0.05, 0.1) is 17.9 Å². The number of hydrogen-bond acceptors (Lipinski definition) is 4. The van der Waals surface area contributed by atoms with E-state index in [2.05, 4.69) is 15.3 Å². The van der Waals surface area contributed by atoms with E-state index in [1.165, 1.54) is 5.01 Å². The quantitative estimate of drug-likeness (QED) is 0.928. The maximum absolute atomic E-state index is 12.5. The number of carbonyl (C=O) groups excluding carboxylic acids is 2. The predicted molar refractivity (Wildman–Crippen MR) is 89.9 cm³/mol. The topological polar surface area (TPSA) is 81.7 Å². The van der Waals surface area contributed by atoms with Gasteiger partial charge in [-0.25, -0.2) is 5.01 Å². The molecule has 0 saturated heterocycles. The molecule has 0 atom stereocenters. The molecule has 2 heterocycles. The molecule has 7 heteroatoms. The Morgan fingerprint density at radius 2 is 2.04 bits per heavy atom. The Labute approximate surface area is 140 Å². The number of rotatable bonds is 4. The predicted octanol–water partition coefficient (Wildman–Crippen LogP) is 1.64. The van der Waals surface area contributed by atoms with Gasteiger partial charge in [0.25, 0.3) is 5.91 Å². The van der Waals surface area contributed by atoms with Crippen LogP contribution in [0.3, 0.4) is 0 Å². The summed E-state index contributed by atoms with van der Waals surface area (Å²) in [5.41, 5.74) is 3.10. The first-order chi connectivity index (χ1) is 11.5. The van der Waals surface area contributed by atoms with E-state index in [0.717, 1.165) is 17.0 Å². The molecular weight excluding hydrogens is 306 g/mol. The number of nitrogens with zero attached hydrogens (tertiary/aromatic N) is 4. The summed E-state index contributed by atoms with van der Waals surface area (Å²) in [7, 11) is 3.28. The van der Waals surface area contributed by atoms with Crippen molar-refractivity contribution in [2.45, 2.75) is 19.4 Å². The molecule has 124 valence electrons. The zero-order chi connectivity index (χ0) is 17.1. The van der Waals surface area contributed by atoms with Gasteiger partial charge in [0.15, 0.2) is 0 Å². The van der Waals surface area contributed by atoms with Gasteiger partial charge in [-0.2, -0.15) is 10.2 Å². The van der Waals surface area contributed by atoms with Gasteiger partial charge in [-0.05, 0) is 6.07 Å². The van der Waals surface area contributed by atoms with Crippen molar-refractivity contribution in [1.82, 2.24) is 20.1 Å². The van der Waals surface area contributed by atoms with Crippen LogP contribution in [-0.2, 0) is 16.1 Å². The lowest BCUT2D eigenvalue weighted by atomic mass is 10.1. The van der Waals surface area contributed by atoms with E-state index in [-0.39, 0.29) is 11.8 Å². The lowest BCUT2D eigenvalue weighted by Crippen LogP contribution is -2.38. The maximum Gasteiger partial charge on any atom is 0.270 e. The van der Waals surface area contributed by atoms with Gasteiger partial charge in [-0.15, -0.1) is 0 Å². The average molecular weight is 325 g/mol. The number of aromatic amines is 1. The summed E-state index contributed by atoms with van der Waals surface area (Å²) in [6.45, 7) is 0.398. The van der Waals surface area contributed by atoms with Crippen molar-refractivity contribution < 1.29 is 9.59 Å². The van der Waals surface area contributed by atoms with Crippen LogP contribution in [0.15, 0.2) is 41.5 Å². The van der Waals surface area contributed by atoms with Gasteiger partial charge < -0.3 is 4.90 Å². The second kappa shape index (κ2) is 6.66. The highest BCUT2D eigenvalue weighted by atomic mass is 16.2. The second-order valence-corrected chi connectivity index (χ2v) is 5.77. The van der Waals surface area contributed by atoms with Crippen molar-refractivity contribution >= 4 is 17.5 Å². The van der Waals surface area contributed by atoms with Crippen LogP contribution in [0.2, 0.25) is 0 Å². The Kier molecular flexibility index (Phi) is 4.41. The normalized spacial score (nSPS) is 14.5. The molecule has 0 saturated carbocycles. The van der Waals surface area contributed by atoms with Crippen LogP contribution in [0.5, 0.6) is 0 Å². The molecule has 0 radical (unpaired) electrons. The van der Waals surface area contributed by atoms with Crippen molar-refractivity contribution in [3.8, 4) is 11.3 Å². The number of benzene rings is 1. The number of nitrogens with one attached hydrogen (secondary N) is 1. The first-order valence-corrected chi connectivity index (χ1v) is 7.74. The molecule has 1 aromatic heterocycles. The SMILES string of the molecule is CN(Cc1cc(-c2ccccc2)n[nH]1)C(=O)C1=NN(C)C(=O)CC1. The van der Waals surface area contributed by atoms with Crippen molar-refractivity contribution in [3.63, 3.8) is 0 Å². The van der Waals surface area contributed by atoms with Crippen molar-refractivity contribution in [1.29, 1.82) is 0 Å². The van der Waals surface area contributed by atoms with Crippen molar-refractivity contribution in [2.24, 2.45) is 5.10 Å². The summed E-state index contributed by atoms with van der Waals surface area (Å²) < 4.78 is 0. The summed E-state index contributed by atoms with van der Waals surface area (Å²) in [5.74, 6) is -0.250. The molecule has 0 bridgehead atoms. The third kappa shape index (κ3) is 3.34. The van der Waals surface area contributed by atoms with Crippen LogP contribution in [0.4, 0.5) is 0 Å². The first-order valence-electron chi connectivity index (χ1n) is 7.74. The van der Waals surface area contributed by atoms with E-state index < -0.39 is 0 Å². The highest BCUT2D eigenvalue weighted by molar-refractivity contribution is 6.39. The monoisotopic (exact) mass is 325 g/mol. The van der Waals surface area contributed by atoms with Gasteiger partial charge in [-0.1, -0.05) is 30.3 Å². The lowest BCUT2D eigenvalue weighted by molar-refractivity contribution is -0.130. The molecule has 1 aliphatic heterocycles. The number of hydrogen-bond donors (Lipinski definition) is 1. The summed E-state index contributed by atoms with van der Waals surface area (Å²) in [4.78, 5) is 25.5. The largest absolute Gasteiger partial charge is 0.335 e. The highest BCUT2D eigenvalue weighted by Crippen LogP contribution is 2.18. The Morgan fingerprint density at radius 3 is 2.75 bits per heavy atom. The summed E-state index contributed by atoms with van der Waals surface area (Å²) in [6, 6.07) is 11.8. The van der Waals surface area contributed by atoms with Gasteiger partial charge in [0, 0.05) is 32.5 Å². The minimum Gasteiger partial charge on any atom is -0.335 e. The molecule has 3 rings (SSSR count). The Bertz CT molecular complexity index is 781. The summed E-state index contributed by atoms with van der Waals surface area (Å²) >= 11 is 0. The number of carbonyl (C=O) groups is 2. The number of aromatic nitrogens is 2. The van der Waals surface area contributed by atoms with Crippen LogP contribution < -0.4 is 0 Å². The van der Waals surface area contributed by atoms with E-state index in [4.69, 9.17) is 0 Å². The van der Waals surface area contributed by atoms with E-state index in [1.54, 1.807) is 19.0 Å². The van der Waals surface area contributed by atoms with Crippen molar-refractivity contribution in [2.75, 3.05) is 14.1 Å². The fourth-order valence-electron chi connectivity index (χ4n) is 2.57. The first kappa shape index (κ1) is 15.9. The molecule has 7 nitrogen and oxygen atoms in total. The zero-order valence-electron chi connectivity index (χ0n) is 13.7. The number of H-pyrrole nitrogens is 1. The minimum atomic E-state index is -0.176. The van der Waals surface area contributed by atoms with Gasteiger partial charge in [-0.3, -0.25) is 14.7 Å².